The van der Waals surface area contributed by atoms with Gasteiger partial charge in [0.2, 0.25) is 5.82 Å². The number of nitrogens with one attached hydrogen (secondary N) is 1. The van der Waals surface area contributed by atoms with Crippen molar-refractivity contribution in [1.29, 1.82) is 0 Å². The molecule has 0 aliphatic carbocycles. The number of benzene rings is 1. The average Bonchev–Trinajstić information content (AvgIpc) is 3.20. The molecular weight excluding hydrogens is 300 g/mol. The zero-order valence-electron chi connectivity index (χ0n) is 11.5. The molecule has 0 aliphatic rings. The minimum Gasteiger partial charge on any atom is -0.271 e. The van der Waals surface area contributed by atoms with Crippen molar-refractivity contribution in [3.8, 4) is 11.4 Å². The molecule has 0 radical (unpaired) electrons. The number of rotatable bonds is 5. The lowest BCUT2D eigenvalue weighted by atomic mass is 10.2. The Bertz CT molecular complexity index is 766. The first-order valence-corrected chi connectivity index (χ1v) is 7.38. The highest BCUT2D eigenvalue weighted by molar-refractivity contribution is 7.11. The minimum absolute atomic E-state index is 0.0401. The van der Waals surface area contributed by atoms with Gasteiger partial charge in [-0.25, -0.2) is 5.43 Å². The Balaban J connectivity index is 1.57. The van der Waals surface area contributed by atoms with Crippen molar-refractivity contribution in [2.24, 2.45) is 5.10 Å². The van der Waals surface area contributed by atoms with E-state index in [1.807, 2.05) is 47.8 Å². The first kappa shape index (κ1) is 14.1. The highest BCUT2D eigenvalue weighted by atomic mass is 32.1. The van der Waals surface area contributed by atoms with Crippen LogP contribution in [0.3, 0.4) is 0 Å². The molecule has 0 atom stereocenters. The van der Waals surface area contributed by atoms with E-state index >= 15 is 0 Å². The number of carbonyl (C=O) groups excluding carboxylic acids is 1. The van der Waals surface area contributed by atoms with Crippen LogP contribution in [-0.2, 0) is 11.3 Å². The molecule has 1 aromatic carbocycles. The smallest absolute Gasteiger partial charge is 0.263 e. The zero-order chi connectivity index (χ0) is 15.2. The molecule has 0 bridgehead atoms. The predicted molar refractivity (Wildman–Crippen MR) is 83.3 cm³/mol. The summed E-state index contributed by atoms with van der Waals surface area (Å²) in [6.07, 6.45) is 1.59. The van der Waals surface area contributed by atoms with Gasteiger partial charge in [-0.2, -0.15) is 9.90 Å². The molecular formula is C14H12N6OS. The molecule has 0 spiro atoms. The van der Waals surface area contributed by atoms with E-state index in [-0.39, 0.29) is 12.5 Å². The van der Waals surface area contributed by atoms with E-state index in [9.17, 15) is 4.79 Å². The fourth-order valence-corrected chi connectivity index (χ4v) is 2.29. The molecule has 0 aliphatic heterocycles. The minimum atomic E-state index is -0.315. The second-order valence-electron chi connectivity index (χ2n) is 4.32. The molecule has 22 heavy (non-hydrogen) atoms. The molecule has 3 aromatic rings. The van der Waals surface area contributed by atoms with Crippen molar-refractivity contribution in [1.82, 2.24) is 25.6 Å². The number of carbonyl (C=O) groups is 1. The van der Waals surface area contributed by atoms with Crippen molar-refractivity contribution >= 4 is 23.5 Å². The van der Waals surface area contributed by atoms with Crippen LogP contribution in [0.15, 0.2) is 52.9 Å². The van der Waals surface area contributed by atoms with Gasteiger partial charge in [0.15, 0.2) is 0 Å². The summed E-state index contributed by atoms with van der Waals surface area (Å²) in [6, 6.07) is 13.3. The molecule has 3 rings (SSSR count). The maximum absolute atomic E-state index is 11.7. The van der Waals surface area contributed by atoms with Crippen molar-refractivity contribution in [3.63, 3.8) is 0 Å². The molecule has 0 saturated heterocycles. The van der Waals surface area contributed by atoms with Crippen LogP contribution < -0.4 is 5.43 Å². The highest BCUT2D eigenvalue weighted by Crippen LogP contribution is 2.11. The average molecular weight is 312 g/mol. The number of tetrazole rings is 1. The lowest BCUT2D eigenvalue weighted by molar-refractivity contribution is -0.122. The molecule has 110 valence electrons. The summed E-state index contributed by atoms with van der Waals surface area (Å²) in [6.45, 7) is -0.0401. The molecule has 1 N–H and O–H groups in total. The van der Waals surface area contributed by atoms with Crippen molar-refractivity contribution in [3.05, 3.63) is 52.7 Å². The van der Waals surface area contributed by atoms with Crippen LogP contribution in [-0.4, -0.2) is 32.3 Å². The van der Waals surface area contributed by atoms with E-state index < -0.39 is 0 Å². The van der Waals surface area contributed by atoms with Gasteiger partial charge in [-0.15, -0.1) is 21.5 Å². The third kappa shape index (κ3) is 3.61. The number of hydrogen-bond acceptors (Lipinski definition) is 6. The lowest BCUT2D eigenvalue weighted by Gasteiger charge is -1.97. The Morgan fingerprint density at radius 3 is 2.91 bits per heavy atom. The predicted octanol–water partition coefficient (Wildman–Crippen LogP) is 1.55. The third-order valence-electron chi connectivity index (χ3n) is 2.69. The van der Waals surface area contributed by atoms with Crippen LogP contribution in [0.4, 0.5) is 0 Å². The van der Waals surface area contributed by atoms with Gasteiger partial charge in [-0.1, -0.05) is 36.4 Å². The number of thiophene rings is 1. The number of nitrogens with zero attached hydrogens (tertiary/aromatic N) is 5. The number of amides is 1. The van der Waals surface area contributed by atoms with Gasteiger partial charge in [0.25, 0.3) is 5.91 Å². The lowest BCUT2D eigenvalue weighted by Crippen LogP contribution is -2.24. The van der Waals surface area contributed by atoms with Crippen molar-refractivity contribution < 1.29 is 4.79 Å². The first-order chi connectivity index (χ1) is 10.8. The Kier molecular flexibility index (Phi) is 4.30. The van der Waals surface area contributed by atoms with Crippen LogP contribution in [0.5, 0.6) is 0 Å². The topological polar surface area (TPSA) is 85.1 Å². The number of hydrazone groups is 1. The zero-order valence-corrected chi connectivity index (χ0v) is 12.3. The highest BCUT2D eigenvalue weighted by Gasteiger charge is 2.08. The fourth-order valence-electron chi connectivity index (χ4n) is 1.71. The molecule has 1 amide bonds. The summed E-state index contributed by atoms with van der Waals surface area (Å²) < 4.78 is 0. The number of hydrogen-bond donors (Lipinski definition) is 1. The van der Waals surface area contributed by atoms with Gasteiger partial charge < -0.3 is 0 Å². The van der Waals surface area contributed by atoms with Crippen LogP contribution in [0, 0.1) is 0 Å². The van der Waals surface area contributed by atoms with Gasteiger partial charge in [0.1, 0.15) is 6.54 Å². The summed E-state index contributed by atoms with van der Waals surface area (Å²) in [5.41, 5.74) is 3.28. The van der Waals surface area contributed by atoms with Gasteiger partial charge in [-0.05, 0) is 16.7 Å². The Hall–Kier alpha value is -2.87. The second kappa shape index (κ2) is 6.72. The van der Waals surface area contributed by atoms with Gasteiger partial charge in [0.05, 0.1) is 6.21 Å². The maximum Gasteiger partial charge on any atom is 0.263 e. The van der Waals surface area contributed by atoms with E-state index in [0.717, 1.165) is 10.4 Å². The summed E-state index contributed by atoms with van der Waals surface area (Å²) in [4.78, 5) is 13.9. The second-order valence-corrected chi connectivity index (χ2v) is 5.30. The van der Waals surface area contributed by atoms with Crippen LogP contribution >= 0.6 is 11.3 Å². The first-order valence-electron chi connectivity index (χ1n) is 6.50. The quantitative estimate of drug-likeness (QED) is 0.572. The van der Waals surface area contributed by atoms with E-state index in [1.165, 1.54) is 16.1 Å². The van der Waals surface area contributed by atoms with E-state index in [4.69, 9.17) is 0 Å². The Morgan fingerprint density at radius 1 is 1.27 bits per heavy atom. The molecule has 0 fully saturated rings. The fraction of sp³-hybridized carbons (Fsp3) is 0.0714. The van der Waals surface area contributed by atoms with Crippen LogP contribution in [0.2, 0.25) is 0 Å². The number of aromatic nitrogens is 4. The van der Waals surface area contributed by atoms with Gasteiger partial charge in [-0.3, -0.25) is 4.79 Å². The molecule has 8 heteroatoms. The Morgan fingerprint density at radius 2 is 2.14 bits per heavy atom. The van der Waals surface area contributed by atoms with Crippen LogP contribution in [0.1, 0.15) is 4.88 Å². The summed E-state index contributed by atoms with van der Waals surface area (Å²) >= 11 is 1.54. The molecule has 2 aromatic heterocycles. The largest absolute Gasteiger partial charge is 0.271 e. The van der Waals surface area contributed by atoms with E-state index in [1.54, 1.807) is 6.21 Å². The van der Waals surface area contributed by atoms with Gasteiger partial charge >= 0.3 is 0 Å². The standard InChI is InChI=1S/C14H12N6OS/c21-13(16-15-9-12-7-4-8-22-12)10-20-18-14(17-19-20)11-5-2-1-3-6-11/h1-9H,10H2,(H,16,21). The Labute approximate surface area is 130 Å². The summed E-state index contributed by atoms with van der Waals surface area (Å²) in [7, 11) is 0. The maximum atomic E-state index is 11.7. The molecule has 0 unspecified atom stereocenters. The normalized spacial score (nSPS) is 10.9. The summed E-state index contributed by atoms with van der Waals surface area (Å²) in [5.74, 6) is 0.167. The van der Waals surface area contributed by atoms with Crippen molar-refractivity contribution in [2.75, 3.05) is 0 Å². The monoisotopic (exact) mass is 312 g/mol. The van der Waals surface area contributed by atoms with Crippen molar-refractivity contribution in [2.45, 2.75) is 6.54 Å². The van der Waals surface area contributed by atoms with Crippen LogP contribution in [0.25, 0.3) is 11.4 Å². The third-order valence-corrected chi connectivity index (χ3v) is 3.50. The molecule has 0 saturated carbocycles. The van der Waals surface area contributed by atoms with E-state index in [0.29, 0.717) is 5.82 Å². The van der Waals surface area contributed by atoms with Gasteiger partial charge in [0, 0.05) is 10.4 Å². The molecule has 2 heterocycles. The summed E-state index contributed by atoms with van der Waals surface area (Å²) in [5, 5.41) is 17.8. The molecule has 7 nitrogen and oxygen atoms in total. The SMILES string of the molecule is O=C(Cn1nnc(-c2ccccc2)n1)NN=Cc1cccs1. The van der Waals surface area contributed by atoms with E-state index in [2.05, 4.69) is 25.9 Å².